The van der Waals surface area contributed by atoms with Gasteiger partial charge in [0.2, 0.25) is 0 Å². The van der Waals surface area contributed by atoms with Crippen LogP contribution >= 0.6 is 0 Å². The van der Waals surface area contributed by atoms with E-state index in [1.807, 2.05) is 0 Å². The summed E-state index contributed by atoms with van der Waals surface area (Å²) in [6.45, 7) is 4.60. The van der Waals surface area contributed by atoms with Gasteiger partial charge in [0.1, 0.15) is 10.5 Å². The summed E-state index contributed by atoms with van der Waals surface area (Å²) < 4.78 is 5.56. The van der Waals surface area contributed by atoms with Crippen LogP contribution in [0, 0.1) is 0 Å². The van der Waals surface area contributed by atoms with Crippen molar-refractivity contribution in [1.29, 1.82) is 0 Å². The Morgan fingerprint density at radius 2 is 2.00 bits per heavy atom. The zero-order chi connectivity index (χ0) is 9.68. The minimum absolute atomic E-state index is 0.750. The number of hydrogen-bond donors (Lipinski definition) is 0. The van der Waals surface area contributed by atoms with E-state index >= 15 is 0 Å². The fourth-order valence-corrected chi connectivity index (χ4v) is 3.85. The summed E-state index contributed by atoms with van der Waals surface area (Å²) in [4.78, 5) is 0. The summed E-state index contributed by atoms with van der Waals surface area (Å²) in [6, 6.07) is 10.7. The van der Waals surface area contributed by atoms with E-state index in [2.05, 4.69) is 43.8 Å². The SMILES string of the molecule is CC(Cc1ccccc1)[SiH](C)O[SiH3]. The molecule has 0 N–H and O–H groups in total. The topological polar surface area (TPSA) is 9.23 Å². The Bertz CT molecular complexity index is 238. The minimum atomic E-state index is -0.884. The Morgan fingerprint density at radius 3 is 2.54 bits per heavy atom. The molecular weight excluding hydrogens is 192 g/mol. The van der Waals surface area contributed by atoms with Crippen LogP contribution in [0.25, 0.3) is 0 Å². The van der Waals surface area contributed by atoms with Gasteiger partial charge in [0, 0.05) is 0 Å². The monoisotopic (exact) mass is 210 g/mol. The first-order valence-electron chi connectivity index (χ1n) is 4.80. The molecule has 0 spiro atoms. The van der Waals surface area contributed by atoms with Crippen LogP contribution in [0.1, 0.15) is 12.5 Å². The normalized spacial score (nSPS) is 15.5. The molecule has 2 unspecified atom stereocenters. The molecule has 0 heterocycles. The van der Waals surface area contributed by atoms with Crippen molar-refractivity contribution in [2.24, 2.45) is 0 Å². The van der Waals surface area contributed by atoms with Crippen LogP contribution in [0.4, 0.5) is 0 Å². The van der Waals surface area contributed by atoms with E-state index < -0.39 is 9.04 Å². The van der Waals surface area contributed by atoms with Gasteiger partial charge in [-0.05, 0) is 24.1 Å². The van der Waals surface area contributed by atoms with E-state index in [1.54, 1.807) is 0 Å². The molecule has 0 aliphatic heterocycles. The summed E-state index contributed by atoms with van der Waals surface area (Å²) in [7, 11) is 0.0158. The van der Waals surface area contributed by atoms with Gasteiger partial charge in [-0.15, -0.1) is 0 Å². The molecule has 1 aromatic rings. The first-order valence-corrected chi connectivity index (χ1v) is 7.91. The van der Waals surface area contributed by atoms with E-state index in [0.717, 1.165) is 16.0 Å². The van der Waals surface area contributed by atoms with E-state index in [-0.39, 0.29) is 0 Å². The van der Waals surface area contributed by atoms with E-state index in [0.29, 0.717) is 0 Å². The summed E-state index contributed by atoms with van der Waals surface area (Å²) in [5, 5.41) is 0. The van der Waals surface area contributed by atoms with Crippen molar-refractivity contribution < 1.29 is 4.12 Å². The molecule has 0 saturated carbocycles. The Hall–Kier alpha value is -0.386. The molecule has 0 aliphatic rings. The fraction of sp³-hybridized carbons (Fsp3) is 0.400. The van der Waals surface area contributed by atoms with Crippen LogP contribution < -0.4 is 0 Å². The molecule has 1 nitrogen and oxygen atoms in total. The fourth-order valence-electron chi connectivity index (χ4n) is 1.38. The van der Waals surface area contributed by atoms with Crippen LogP contribution in [0.2, 0.25) is 12.1 Å². The molecule has 13 heavy (non-hydrogen) atoms. The summed E-state index contributed by atoms with van der Waals surface area (Å²) in [5.74, 6) is 0. The summed E-state index contributed by atoms with van der Waals surface area (Å²) in [5.41, 5.74) is 2.19. The minimum Gasteiger partial charge on any atom is -0.465 e. The molecule has 0 radical (unpaired) electrons. The maximum Gasteiger partial charge on any atom is 0.162 e. The predicted molar refractivity (Wildman–Crippen MR) is 63.6 cm³/mol. The third-order valence-electron chi connectivity index (χ3n) is 2.57. The largest absolute Gasteiger partial charge is 0.465 e. The predicted octanol–water partition coefficient (Wildman–Crippen LogP) is 1.27. The van der Waals surface area contributed by atoms with E-state index in [9.17, 15) is 0 Å². The molecular formula is C10H18OSi2. The zero-order valence-electron chi connectivity index (χ0n) is 8.66. The van der Waals surface area contributed by atoms with Crippen molar-refractivity contribution in [3.63, 3.8) is 0 Å². The molecule has 0 saturated heterocycles. The van der Waals surface area contributed by atoms with Crippen molar-refractivity contribution >= 4 is 19.5 Å². The van der Waals surface area contributed by atoms with Crippen LogP contribution in [-0.4, -0.2) is 19.5 Å². The van der Waals surface area contributed by atoms with E-state index in [4.69, 9.17) is 4.12 Å². The molecule has 3 heteroatoms. The van der Waals surface area contributed by atoms with Crippen molar-refractivity contribution in [3.05, 3.63) is 35.9 Å². The zero-order valence-corrected chi connectivity index (χ0v) is 11.8. The molecule has 72 valence electrons. The molecule has 0 fully saturated rings. The highest BCUT2D eigenvalue weighted by atomic mass is 28.3. The molecule has 1 aromatic carbocycles. The molecule has 0 aromatic heterocycles. The second-order valence-electron chi connectivity index (χ2n) is 3.61. The maximum atomic E-state index is 5.56. The number of rotatable bonds is 4. The van der Waals surface area contributed by atoms with Gasteiger partial charge in [0.25, 0.3) is 0 Å². The first kappa shape index (κ1) is 10.7. The highest BCUT2D eigenvalue weighted by Crippen LogP contribution is 2.16. The summed E-state index contributed by atoms with van der Waals surface area (Å²) >= 11 is 0. The van der Waals surface area contributed by atoms with Gasteiger partial charge in [-0.2, -0.15) is 0 Å². The Kier molecular flexibility index (Phi) is 4.41. The average Bonchev–Trinajstić information content (AvgIpc) is 2.18. The van der Waals surface area contributed by atoms with Crippen LogP contribution in [0.3, 0.4) is 0 Å². The van der Waals surface area contributed by atoms with Gasteiger partial charge in [0.05, 0.1) is 0 Å². The first-order chi connectivity index (χ1) is 6.24. The Balaban J connectivity index is 2.50. The molecule has 0 amide bonds. The van der Waals surface area contributed by atoms with E-state index in [1.165, 1.54) is 12.0 Å². The van der Waals surface area contributed by atoms with Crippen LogP contribution in [0.5, 0.6) is 0 Å². The lowest BCUT2D eigenvalue weighted by Crippen LogP contribution is -2.19. The van der Waals surface area contributed by atoms with Crippen LogP contribution in [-0.2, 0) is 10.5 Å². The van der Waals surface area contributed by atoms with Crippen molar-refractivity contribution in [3.8, 4) is 0 Å². The third kappa shape index (κ3) is 3.46. The third-order valence-corrected chi connectivity index (χ3v) is 7.39. The quantitative estimate of drug-likeness (QED) is 0.680. The van der Waals surface area contributed by atoms with Crippen LogP contribution in [0.15, 0.2) is 30.3 Å². The smallest absolute Gasteiger partial charge is 0.162 e. The lowest BCUT2D eigenvalue weighted by molar-refractivity contribution is 0.607. The van der Waals surface area contributed by atoms with Gasteiger partial charge in [0.15, 0.2) is 9.04 Å². The van der Waals surface area contributed by atoms with Gasteiger partial charge in [-0.1, -0.05) is 37.3 Å². The van der Waals surface area contributed by atoms with Gasteiger partial charge in [-0.3, -0.25) is 0 Å². The number of benzene rings is 1. The molecule has 0 bridgehead atoms. The average molecular weight is 210 g/mol. The lowest BCUT2D eigenvalue weighted by atomic mass is 10.1. The van der Waals surface area contributed by atoms with Crippen molar-refractivity contribution in [2.75, 3.05) is 0 Å². The lowest BCUT2D eigenvalue weighted by Gasteiger charge is -2.16. The standard InChI is InChI=1S/C10H18OSi2/c1-9(13(2)11-12)8-10-6-4-3-5-7-10/h3-7,9,13H,8H2,1-2,12H3. The summed E-state index contributed by atoms with van der Waals surface area (Å²) in [6.07, 6.45) is 1.18. The highest BCUT2D eigenvalue weighted by molar-refractivity contribution is 6.55. The highest BCUT2D eigenvalue weighted by Gasteiger charge is 2.12. The van der Waals surface area contributed by atoms with Gasteiger partial charge in [-0.25, -0.2) is 0 Å². The Labute approximate surface area is 85.4 Å². The van der Waals surface area contributed by atoms with Crippen molar-refractivity contribution in [1.82, 2.24) is 0 Å². The maximum absolute atomic E-state index is 5.56. The van der Waals surface area contributed by atoms with Crippen molar-refractivity contribution in [2.45, 2.75) is 25.4 Å². The molecule has 1 rings (SSSR count). The molecule has 0 aliphatic carbocycles. The Morgan fingerprint density at radius 1 is 1.38 bits per heavy atom. The number of hydrogen-bond acceptors (Lipinski definition) is 1. The van der Waals surface area contributed by atoms with Gasteiger partial charge < -0.3 is 4.12 Å². The second kappa shape index (κ2) is 5.37. The van der Waals surface area contributed by atoms with Gasteiger partial charge >= 0.3 is 0 Å². The molecule has 2 atom stereocenters. The second-order valence-corrected chi connectivity index (χ2v) is 8.04.